The normalized spacial score (nSPS) is 10.6. The van der Waals surface area contributed by atoms with Gasteiger partial charge in [0.1, 0.15) is 5.75 Å². The van der Waals surface area contributed by atoms with Crippen molar-refractivity contribution < 1.29 is 14.3 Å². The second kappa shape index (κ2) is 11.3. The first-order chi connectivity index (χ1) is 13.5. The van der Waals surface area contributed by atoms with E-state index in [4.69, 9.17) is 16.3 Å². The fourth-order valence-corrected chi connectivity index (χ4v) is 2.91. The Kier molecular flexibility index (Phi) is 8.78. The van der Waals surface area contributed by atoms with Crippen LogP contribution in [0, 0.1) is 0 Å². The van der Waals surface area contributed by atoms with Crippen LogP contribution in [0.25, 0.3) is 0 Å². The summed E-state index contributed by atoms with van der Waals surface area (Å²) in [5.41, 5.74) is 1.75. The minimum absolute atomic E-state index is 0.0765. The maximum atomic E-state index is 12.2. The number of benzene rings is 2. The summed E-state index contributed by atoms with van der Waals surface area (Å²) in [7, 11) is 3.24. The van der Waals surface area contributed by atoms with Crippen LogP contribution >= 0.6 is 11.6 Å². The second-order valence-corrected chi connectivity index (χ2v) is 6.94. The predicted molar refractivity (Wildman–Crippen MR) is 112 cm³/mol. The van der Waals surface area contributed by atoms with E-state index in [1.807, 2.05) is 18.2 Å². The van der Waals surface area contributed by atoms with Gasteiger partial charge in [0.05, 0.1) is 25.9 Å². The zero-order chi connectivity index (χ0) is 20.4. The van der Waals surface area contributed by atoms with Gasteiger partial charge in [-0.15, -0.1) is 0 Å². The molecular formula is C21H26ClN3O3. The number of hydrogen-bond donors (Lipinski definition) is 2. The van der Waals surface area contributed by atoms with Gasteiger partial charge in [-0.3, -0.25) is 14.5 Å². The van der Waals surface area contributed by atoms with Crippen molar-refractivity contribution in [2.75, 3.05) is 39.1 Å². The number of hydrogen-bond acceptors (Lipinski definition) is 4. The molecule has 2 aromatic carbocycles. The maximum absolute atomic E-state index is 12.2. The second-order valence-electron chi connectivity index (χ2n) is 6.50. The molecule has 0 atom stereocenters. The Labute approximate surface area is 170 Å². The maximum Gasteiger partial charge on any atom is 0.238 e. The first kappa shape index (κ1) is 21.7. The molecule has 150 valence electrons. The van der Waals surface area contributed by atoms with Crippen LogP contribution in [-0.4, -0.2) is 50.5 Å². The summed E-state index contributed by atoms with van der Waals surface area (Å²) >= 11 is 5.96. The third-order valence-electron chi connectivity index (χ3n) is 4.07. The molecule has 0 fully saturated rings. The van der Waals surface area contributed by atoms with Crippen LogP contribution in [0.3, 0.4) is 0 Å². The van der Waals surface area contributed by atoms with Crippen molar-refractivity contribution >= 4 is 29.1 Å². The van der Waals surface area contributed by atoms with E-state index in [1.165, 1.54) is 12.7 Å². The van der Waals surface area contributed by atoms with Crippen LogP contribution < -0.4 is 15.4 Å². The predicted octanol–water partition coefficient (Wildman–Crippen LogP) is 2.97. The summed E-state index contributed by atoms with van der Waals surface area (Å²) < 4.78 is 5.21. The standard InChI is InChI=1S/C21H26ClN3O3/c1-25(14-20(26)23-12-6-9-16-7-4-3-5-8-16)15-21(27)24-18-13-17(22)10-11-19(18)28-2/h3-5,7-8,10-11,13H,6,9,12,14-15H2,1-2H3,(H,23,26)(H,24,27). The molecule has 0 aliphatic carbocycles. The van der Waals surface area contributed by atoms with Gasteiger partial charge in [0.25, 0.3) is 0 Å². The van der Waals surface area contributed by atoms with E-state index in [2.05, 4.69) is 22.8 Å². The number of methoxy groups -OCH3 is 1. The molecule has 0 heterocycles. The molecule has 2 N–H and O–H groups in total. The van der Waals surface area contributed by atoms with Crippen molar-refractivity contribution in [2.24, 2.45) is 0 Å². The van der Waals surface area contributed by atoms with Crippen molar-refractivity contribution in [3.8, 4) is 5.75 Å². The molecule has 0 saturated carbocycles. The zero-order valence-corrected chi connectivity index (χ0v) is 17.0. The monoisotopic (exact) mass is 403 g/mol. The highest BCUT2D eigenvalue weighted by Gasteiger charge is 2.13. The fraction of sp³-hybridized carbons (Fsp3) is 0.333. The minimum atomic E-state index is -0.250. The molecule has 0 aliphatic heterocycles. The molecule has 7 heteroatoms. The number of anilines is 1. The summed E-state index contributed by atoms with van der Waals surface area (Å²) in [5.74, 6) is 0.167. The van der Waals surface area contributed by atoms with Gasteiger partial charge < -0.3 is 15.4 Å². The van der Waals surface area contributed by atoms with E-state index in [0.717, 1.165) is 12.8 Å². The average molecular weight is 404 g/mol. The number of amides is 2. The van der Waals surface area contributed by atoms with Gasteiger partial charge in [-0.05, 0) is 43.7 Å². The third-order valence-corrected chi connectivity index (χ3v) is 4.30. The molecule has 0 aromatic heterocycles. The van der Waals surface area contributed by atoms with Crippen LogP contribution in [0.4, 0.5) is 5.69 Å². The van der Waals surface area contributed by atoms with Crippen molar-refractivity contribution in [2.45, 2.75) is 12.8 Å². The highest BCUT2D eigenvalue weighted by atomic mass is 35.5. The number of rotatable bonds is 10. The molecule has 2 aromatic rings. The largest absolute Gasteiger partial charge is 0.495 e. The van der Waals surface area contributed by atoms with E-state index in [0.29, 0.717) is 23.0 Å². The summed E-state index contributed by atoms with van der Waals surface area (Å²) in [6, 6.07) is 15.1. The Morgan fingerprint density at radius 2 is 1.79 bits per heavy atom. The van der Waals surface area contributed by atoms with Gasteiger partial charge in [0.15, 0.2) is 0 Å². The molecule has 6 nitrogen and oxygen atoms in total. The van der Waals surface area contributed by atoms with Gasteiger partial charge in [0, 0.05) is 11.6 Å². The number of likely N-dealkylation sites (N-methyl/N-ethyl adjacent to an activating group) is 1. The van der Waals surface area contributed by atoms with Crippen LogP contribution in [0.1, 0.15) is 12.0 Å². The van der Waals surface area contributed by atoms with Gasteiger partial charge >= 0.3 is 0 Å². The number of carbonyl (C=O) groups excluding carboxylic acids is 2. The van der Waals surface area contributed by atoms with Gasteiger partial charge in [-0.25, -0.2) is 0 Å². The van der Waals surface area contributed by atoms with Gasteiger partial charge in [0.2, 0.25) is 11.8 Å². The average Bonchev–Trinajstić information content (AvgIpc) is 2.66. The molecule has 0 spiro atoms. The molecule has 28 heavy (non-hydrogen) atoms. The quantitative estimate of drug-likeness (QED) is 0.598. The number of nitrogens with zero attached hydrogens (tertiary/aromatic N) is 1. The Bertz CT molecular complexity index is 784. The minimum Gasteiger partial charge on any atom is -0.495 e. The molecule has 0 aliphatic rings. The number of halogens is 1. The Balaban J connectivity index is 1.69. The number of carbonyl (C=O) groups is 2. The van der Waals surface area contributed by atoms with E-state index in [1.54, 1.807) is 30.1 Å². The van der Waals surface area contributed by atoms with E-state index in [9.17, 15) is 9.59 Å². The lowest BCUT2D eigenvalue weighted by molar-refractivity contribution is -0.122. The molecular weight excluding hydrogens is 378 g/mol. The first-order valence-electron chi connectivity index (χ1n) is 9.10. The topological polar surface area (TPSA) is 70.7 Å². The van der Waals surface area contributed by atoms with E-state index >= 15 is 0 Å². The fourth-order valence-electron chi connectivity index (χ4n) is 2.73. The van der Waals surface area contributed by atoms with Crippen molar-refractivity contribution in [1.82, 2.24) is 10.2 Å². The highest BCUT2D eigenvalue weighted by Crippen LogP contribution is 2.27. The summed E-state index contributed by atoms with van der Waals surface area (Å²) in [4.78, 5) is 25.9. The van der Waals surface area contributed by atoms with Crippen LogP contribution in [0.2, 0.25) is 5.02 Å². The van der Waals surface area contributed by atoms with Crippen molar-refractivity contribution in [3.63, 3.8) is 0 Å². The Hall–Kier alpha value is -2.57. The zero-order valence-electron chi connectivity index (χ0n) is 16.2. The smallest absolute Gasteiger partial charge is 0.238 e. The van der Waals surface area contributed by atoms with E-state index < -0.39 is 0 Å². The lowest BCUT2D eigenvalue weighted by Gasteiger charge is -2.17. The summed E-state index contributed by atoms with van der Waals surface area (Å²) in [6.45, 7) is 0.825. The van der Waals surface area contributed by atoms with E-state index in [-0.39, 0.29) is 24.9 Å². The van der Waals surface area contributed by atoms with Crippen LogP contribution in [-0.2, 0) is 16.0 Å². The molecule has 2 rings (SSSR count). The lowest BCUT2D eigenvalue weighted by Crippen LogP contribution is -2.39. The molecule has 0 radical (unpaired) electrons. The van der Waals surface area contributed by atoms with Crippen molar-refractivity contribution in [3.05, 3.63) is 59.1 Å². The Morgan fingerprint density at radius 3 is 2.50 bits per heavy atom. The molecule has 0 unspecified atom stereocenters. The molecule has 0 saturated heterocycles. The number of ether oxygens (including phenoxy) is 1. The molecule has 2 amide bonds. The Morgan fingerprint density at radius 1 is 1.07 bits per heavy atom. The third kappa shape index (κ3) is 7.58. The van der Waals surface area contributed by atoms with Crippen molar-refractivity contribution in [1.29, 1.82) is 0 Å². The summed E-state index contributed by atoms with van der Waals surface area (Å²) in [6.07, 6.45) is 1.79. The SMILES string of the molecule is COc1ccc(Cl)cc1NC(=O)CN(C)CC(=O)NCCCc1ccccc1. The number of nitrogens with one attached hydrogen (secondary N) is 2. The summed E-state index contributed by atoms with van der Waals surface area (Å²) in [5, 5.41) is 6.14. The van der Waals surface area contributed by atoms with Crippen LogP contribution in [0.15, 0.2) is 48.5 Å². The number of aryl methyl sites for hydroxylation is 1. The lowest BCUT2D eigenvalue weighted by atomic mass is 10.1. The van der Waals surface area contributed by atoms with Gasteiger partial charge in [-0.1, -0.05) is 41.9 Å². The highest BCUT2D eigenvalue weighted by molar-refractivity contribution is 6.31. The van der Waals surface area contributed by atoms with Crippen LogP contribution in [0.5, 0.6) is 5.75 Å². The molecule has 0 bridgehead atoms. The first-order valence-corrected chi connectivity index (χ1v) is 9.48. The van der Waals surface area contributed by atoms with Gasteiger partial charge in [-0.2, -0.15) is 0 Å².